The minimum absolute atomic E-state index is 0.0215. The van der Waals surface area contributed by atoms with Gasteiger partial charge in [-0.3, -0.25) is 24.5 Å². The lowest BCUT2D eigenvalue weighted by atomic mass is 9.94. The number of piperidine rings is 1. The second kappa shape index (κ2) is 11.2. The first-order valence-electron chi connectivity index (χ1n) is 11.2. The van der Waals surface area contributed by atoms with E-state index in [0.29, 0.717) is 48.8 Å². The van der Waals surface area contributed by atoms with Crippen LogP contribution in [0.5, 0.6) is 5.75 Å². The Morgan fingerprint density at radius 1 is 1.09 bits per heavy atom. The fourth-order valence-corrected chi connectivity index (χ4v) is 4.25. The first kappa shape index (κ1) is 23.9. The van der Waals surface area contributed by atoms with E-state index in [2.05, 4.69) is 20.2 Å². The Hall–Kier alpha value is -3.29. The summed E-state index contributed by atoms with van der Waals surface area (Å²) in [6.45, 7) is 1.72. The number of benzene rings is 2. The molecule has 1 N–H and O–H groups in total. The fourth-order valence-electron chi connectivity index (χ4n) is 4.13. The molecule has 34 heavy (non-hydrogen) atoms. The summed E-state index contributed by atoms with van der Waals surface area (Å²) in [5, 5.41) is 3.78. The number of hydrogen-bond acceptors (Lipinski definition) is 6. The molecule has 2 aromatic carbocycles. The molecule has 176 valence electrons. The molecule has 1 atom stereocenters. The van der Waals surface area contributed by atoms with Gasteiger partial charge in [-0.25, -0.2) is 0 Å². The summed E-state index contributed by atoms with van der Waals surface area (Å²) >= 11 is 6.04. The molecule has 8 heteroatoms. The van der Waals surface area contributed by atoms with Crippen LogP contribution in [0.2, 0.25) is 5.02 Å². The van der Waals surface area contributed by atoms with Crippen LogP contribution in [-0.2, 0) is 4.79 Å². The van der Waals surface area contributed by atoms with E-state index in [1.165, 1.54) is 0 Å². The maximum absolute atomic E-state index is 13.2. The number of nitrogens with one attached hydrogen (secondary N) is 1. The summed E-state index contributed by atoms with van der Waals surface area (Å²) in [6, 6.07) is 14.1. The molecule has 7 nitrogen and oxygen atoms in total. The smallest absolute Gasteiger partial charge is 0.224 e. The van der Waals surface area contributed by atoms with Crippen LogP contribution in [0, 0.1) is 5.92 Å². The zero-order valence-electron chi connectivity index (χ0n) is 19.0. The molecule has 0 radical (unpaired) electrons. The Bertz CT molecular complexity index is 1100. The van der Waals surface area contributed by atoms with Gasteiger partial charge in [0.15, 0.2) is 5.78 Å². The zero-order chi connectivity index (χ0) is 23.9. The topological polar surface area (TPSA) is 84.4 Å². The first-order valence-corrected chi connectivity index (χ1v) is 11.6. The standard InChI is InChI=1S/C26H27ClN4O3/c1-34-22-8-4-18(5-9-22)24(32)17-31-14-10-20(11-15-31)26(33)30-25(23-16-28-12-13-29-23)19-2-6-21(27)7-3-19/h2-9,12-13,16,20,25H,10-11,14-15,17H2,1H3,(H,30,33). The number of amides is 1. The Balaban J connectivity index is 1.35. The van der Waals surface area contributed by atoms with Gasteiger partial charge < -0.3 is 10.1 Å². The average molecular weight is 479 g/mol. The number of Topliss-reactive ketones (excluding diaryl/α,β-unsaturated/α-hetero) is 1. The summed E-state index contributed by atoms with van der Waals surface area (Å²) < 4.78 is 5.15. The maximum atomic E-state index is 13.2. The predicted molar refractivity (Wildman–Crippen MR) is 130 cm³/mol. The van der Waals surface area contributed by atoms with E-state index in [-0.39, 0.29) is 17.6 Å². The molecule has 1 aliphatic heterocycles. The lowest BCUT2D eigenvalue weighted by molar-refractivity contribution is -0.126. The number of ether oxygens (including phenoxy) is 1. The van der Waals surface area contributed by atoms with Crippen LogP contribution in [0.4, 0.5) is 0 Å². The largest absolute Gasteiger partial charge is 0.497 e. The van der Waals surface area contributed by atoms with Crippen molar-refractivity contribution >= 4 is 23.3 Å². The van der Waals surface area contributed by atoms with Crippen molar-refractivity contribution in [3.8, 4) is 5.75 Å². The van der Waals surface area contributed by atoms with Gasteiger partial charge in [0.2, 0.25) is 5.91 Å². The highest BCUT2D eigenvalue weighted by Crippen LogP contribution is 2.24. The highest BCUT2D eigenvalue weighted by Gasteiger charge is 2.28. The molecule has 1 fully saturated rings. The predicted octanol–water partition coefficient (Wildman–Crippen LogP) is 3.94. The average Bonchev–Trinajstić information content (AvgIpc) is 2.88. The van der Waals surface area contributed by atoms with Crippen molar-refractivity contribution in [3.05, 3.63) is 89.0 Å². The number of methoxy groups -OCH3 is 1. The molecule has 0 spiro atoms. The van der Waals surface area contributed by atoms with E-state index >= 15 is 0 Å². The summed E-state index contributed by atoms with van der Waals surface area (Å²) in [4.78, 5) is 36.4. The quantitative estimate of drug-likeness (QED) is 0.494. The van der Waals surface area contributed by atoms with Crippen LogP contribution in [0.3, 0.4) is 0 Å². The summed E-state index contributed by atoms with van der Waals surface area (Å²) in [6.07, 6.45) is 6.26. The molecule has 1 amide bonds. The SMILES string of the molecule is COc1ccc(C(=O)CN2CCC(C(=O)NC(c3ccc(Cl)cc3)c3cnccn3)CC2)cc1. The normalized spacial score (nSPS) is 15.5. The van der Waals surface area contributed by atoms with Gasteiger partial charge in [0.05, 0.1) is 31.6 Å². The molecule has 0 bridgehead atoms. The summed E-state index contributed by atoms with van der Waals surface area (Å²) in [5.41, 5.74) is 2.22. The van der Waals surface area contributed by atoms with Crippen molar-refractivity contribution in [3.63, 3.8) is 0 Å². The number of carbonyl (C=O) groups excluding carboxylic acids is 2. The van der Waals surface area contributed by atoms with Gasteiger partial charge in [-0.1, -0.05) is 23.7 Å². The molecule has 1 aliphatic rings. The van der Waals surface area contributed by atoms with Gasteiger partial charge in [0, 0.05) is 28.9 Å². The van der Waals surface area contributed by atoms with E-state index < -0.39 is 6.04 Å². The van der Waals surface area contributed by atoms with Crippen LogP contribution in [-0.4, -0.2) is 53.3 Å². The van der Waals surface area contributed by atoms with Gasteiger partial charge in [-0.05, 0) is 67.9 Å². The molecule has 1 saturated heterocycles. The van der Waals surface area contributed by atoms with Gasteiger partial charge in [0.1, 0.15) is 5.75 Å². The van der Waals surface area contributed by atoms with Gasteiger partial charge in [-0.2, -0.15) is 0 Å². The van der Waals surface area contributed by atoms with E-state index in [4.69, 9.17) is 16.3 Å². The number of halogens is 1. The van der Waals surface area contributed by atoms with Gasteiger partial charge >= 0.3 is 0 Å². The third-order valence-corrected chi connectivity index (χ3v) is 6.36. The van der Waals surface area contributed by atoms with Crippen molar-refractivity contribution < 1.29 is 14.3 Å². The monoisotopic (exact) mass is 478 g/mol. The minimum atomic E-state index is -0.409. The minimum Gasteiger partial charge on any atom is -0.497 e. The highest BCUT2D eigenvalue weighted by atomic mass is 35.5. The Morgan fingerprint density at radius 3 is 2.41 bits per heavy atom. The Morgan fingerprint density at radius 2 is 1.79 bits per heavy atom. The lowest BCUT2D eigenvalue weighted by Crippen LogP contribution is -2.43. The third kappa shape index (κ3) is 5.98. The van der Waals surface area contributed by atoms with Gasteiger partial charge in [0.25, 0.3) is 0 Å². The fraction of sp³-hybridized carbons (Fsp3) is 0.308. The van der Waals surface area contributed by atoms with Crippen LogP contribution in [0.25, 0.3) is 0 Å². The van der Waals surface area contributed by atoms with Crippen LogP contribution >= 0.6 is 11.6 Å². The van der Waals surface area contributed by atoms with Gasteiger partial charge in [-0.15, -0.1) is 0 Å². The van der Waals surface area contributed by atoms with Crippen LogP contribution in [0.1, 0.15) is 40.5 Å². The number of hydrogen-bond donors (Lipinski definition) is 1. The molecule has 1 aromatic heterocycles. The molecule has 0 aliphatic carbocycles. The number of ketones is 1. The van der Waals surface area contributed by atoms with E-state index in [1.807, 2.05) is 12.1 Å². The van der Waals surface area contributed by atoms with Crippen LogP contribution in [0.15, 0.2) is 67.1 Å². The number of aromatic nitrogens is 2. The molecular weight excluding hydrogens is 452 g/mol. The van der Waals surface area contributed by atoms with E-state index in [0.717, 1.165) is 11.3 Å². The number of likely N-dealkylation sites (tertiary alicyclic amines) is 1. The Labute approximate surface area is 204 Å². The van der Waals surface area contributed by atoms with Crippen molar-refractivity contribution in [2.45, 2.75) is 18.9 Å². The molecule has 3 aromatic rings. The van der Waals surface area contributed by atoms with Crippen molar-refractivity contribution in [1.82, 2.24) is 20.2 Å². The van der Waals surface area contributed by atoms with Crippen molar-refractivity contribution in [2.75, 3.05) is 26.7 Å². The van der Waals surface area contributed by atoms with Crippen molar-refractivity contribution in [1.29, 1.82) is 0 Å². The van der Waals surface area contributed by atoms with E-state index in [1.54, 1.807) is 62.1 Å². The second-order valence-corrected chi connectivity index (χ2v) is 8.76. The van der Waals surface area contributed by atoms with Crippen LogP contribution < -0.4 is 10.1 Å². The maximum Gasteiger partial charge on any atom is 0.224 e. The summed E-state index contributed by atoms with van der Waals surface area (Å²) in [7, 11) is 1.60. The molecular formula is C26H27ClN4O3. The molecule has 2 heterocycles. The molecule has 4 rings (SSSR count). The first-order chi connectivity index (χ1) is 16.5. The summed E-state index contributed by atoms with van der Waals surface area (Å²) in [5.74, 6) is 0.642. The molecule has 0 saturated carbocycles. The van der Waals surface area contributed by atoms with E-state index in [9.17, 15) is 9.59 Å². The number of nitrogens with zero attached hydrogens (tertiary/aromatic N) is 3. The van der Waals surface area contributed by atoms with Crippen molar-refractivity contribution in [2.24, 2.45) is 5.92 Å². The Kier molecular flexibility index (Phi) is 7.87. The number of rotatable bonds is 8. The second-order valence-electron chi connectivity index (χ2n) is 8.33. The third-order valence-electron chi connectivity index (χ3n) is 6.11. The lowest BCUT2D eigenvalue weighted by Gasteiger charge is -2.31. The zero-order valence-corrected chi connectivity index (χ0v) is 19.7. The molecule has 1 unspecified atom stereocenters. The number of carbonyl (C=O) groups is 2. The highest BCUT2D eigenvalue weighted by molar-refractivity contribution is 6.30.